The zero-order valence-electron chi connectivity index (χ0n) is 15.6. The molecule has 1 amide bonds. The van der Waals surface area contributed by atoms with Gasteiger partial charge in [-0.1, -0.05) is 53.5 Å². The van der Waals surface area contributed by atoms with Crippen LogP contribution >= 0.6 is 23.2 Å². The molecule has 4 nitrogen and oxygen atoms in total. The van der Waals surface area contributed by atoms with Crippen LogP contribution in [-0.2, 0) is 4.74 Å². The first-order valence-corrected chi connectivity index (χ1v) is 9.29. The second-order valence-electron chi connectivity index (χ2n) is 6.23. The number of hydrogen-bond acceptors (Lipinski definition) is 3. The van der Waals surface area contributed by atoms with Crippen LogP contribution in [0.25, 0.3) is 11.1 Å². The molecule has 0 aliphatic rings. The lowest BCUT2D eigenvalue weighted by Gasteiger charge is -2.22. The lowest BCUT2D eigenvalue weighted by molar-refractivity contribution is 0.0601. The van der Waals surface area contributed by atoms with E-state index in [1.807, 2.05) is 6.07 Å². The van der Waals surface area contributed by atoms with Crippen molar-refractivity contribution in [1.82, 2.24) is 0 Å². The number of amides is 1. The molecule has 3 aromatic carbocycles. The number of benzene rings is 3. The van der Waals surface area contributed by atoms with Gasteiger partial charge in [0.05, 0.1) is 18.4 Å². The Morgan fingerprint density at radius 2 is 1.59 bits per heavy atom. The van der Waals surface area contributed by atoms with Crippen molar-refractivity contribution in [2.45, 2.75) is 0 Å². The minimum absolute atomic E-state index is 0.0753. The average Bonchev–Trinajstić information content (AvgIpc) is 2.71. The molecule has 0 saturated heterocycles. The van der Waals surface area contributed by atoms with Gasteiger partial charge in [-0.15, -0.1) is 0 Å². The Hall–Kier alpha value is -2.89. The number of rotatable bonds is 4. The van der Waals surface area contributed by atoms with Crippen LogP contribution in [0, 0.1) is 5.82 Å². The lowest BCUT2D eigenvalue weighted by Crippen LogP contribution is -2.28. The van der Waals surface area contributed by atoms with E-state index in [9.17, 15) is 14.0 Å². The lowest BCUT2D eigenvalue weighted by atomic mass is 10.0. The summed E-state index contributed by atoms with van der Waals surface area (Å²) in [6.07, 6.45) is 0. The maximum absolute atomic E-state index is 14.8. The molecule has 0 aromatic heterocycles. The van der Waals surface area contributed by atoms with Crippen LogP contribution in [0.4, 0.5) is 10.1 Å². The molecule has 3 aromatic rings. The summed E-state index contributed by atoms with van der Waals surface area (Å²) in [5, 5.41) is 0.595. The molecule has 0 aliphatic heterocycles. The average molecular weight is 432 g/mol. The highest BCUT2D eigenvalue weighted by Gasteiger charge is 2.24. The number of hydrogen-bond donors (Lipinski definition) is 0. The third-order valence-corrected chi connectivity index (χ3v) is 4.79. The third-order valence-electron chi connectivity index (χ3n) is 4.35. The Morgan fingerprint density at radius 3 is 2.17 bits per heavy atom. The minimum atomic E-state index is -0.762. The van der Waals surface area contributed by atoms with Crippen molar-refractivity contribution in [2.24, 2.45) is 0 Å². The number of ether oxygens (including phenoxy) is 1. The van der Waals surface area contributed by atoms with E-state index < -0.39 is 17.7 Å². The highest BCUT2D eigenvalue weighted by atomic mass is 35.5. The molecule has 0 heterocycles. The standard InChI is InChI=1S/C22H16Cl2FNO3/c1-26(21(27)14-8-15(23)10-16(24)9-14)20-12-17(13-6-4-3-5-7-13)19(25)11-18(20)22(28)29-2/h3-12H,1-2H3. The molecule has 0 bridgehead atoms. The number of carbonyl (C=O) groups is 2. The summed E-state index contributed by atoms with van der Waals surface area (Å²) in [4.78, 5) is 26.5. The fourth-order valence-electron chi connectivity index (χ4n) is 2.93. The second-order valence-corrected chi connectivity index (χ2v) is 7.10. The number of anilines is 1. The van der Waals surface area contributed by atoms with E-state index in [-0.39, 0.29) is 22.4 Å². The zero-order chi connectivity index (χ0) is 21.1. The number of methoxy groups -OCH3 is 1. The second kappa shape index (κ2) is 8.64. The van der Waals surface area contributed by atoms with E-state index in [1.54, 1.807) is 24.3 Å². The topological polar surface area (TPSA) is 46.6 Å². The summed E-state index contributed by atoms with van der Waals surface area (Å²) in [7, 11) is 2.67. The van der Waals surface area contributed by atoms with Gasteiger partial charge in [0.1, 0.15) is 5.82 Å². The highest BCUT2D eigenvalue weighted by Crippen LogP contribution is 2.32. The SMILES string of the molecule is COC(=O)c1cc(F)c(-c2ccccc2)cc1N(C)C(=O)c1cc(Cl)cc(Cl)c1. The van der Waals surface area contributed by atoms with E-state index in [1.165, 1.54) is 43.3 Å². The van der Waals surface area contributed by atoms with Crippen LogP contribution in [0.1, 0.15) is 20.7 Å². The molecule has 0 N–H and O–H groups in total. The van der Waals surface area contributed by atoms with E-state index in [4.69, 9.17) is 27.9 Å². The van der Waals surface area contributed by atoms with Crippen LogP contribution in [-0.4, -0.2) is 26.0 Å². The van der Waals surface area contributed by atoms with Gasteiger partial charge in [0.15, 0.2) is 0 Å². The van der Waals surface area contributed by atoms with Crippen molar-refractivity contribution >= 4 is 40.8 Å². The van der Waals surface area contributed by atoms with Crippen LogP contribution in [0.2, 0.25) is 10.0 Å². The highest BCUT2D eigenvalue weighted by molar-refractivity contribution is 6.35. The maximum Gasteiger partial charge on any atom is 0.340 e. The quantitative estimate of drug-likeness (QED) is 0.485. The van der Waals surface area contributed by atoms with Crippen molar-refractivity contribution in [3.05, 3.63) is 87.7 Å². The normalized spacial score (nSPS) is 10.5. The Bertz CT molecular complexity index is 1070. The molecule has 0 unspecified atom stereocenters. The van der Waals surface area contributed by atoms with Gasteiger partial charge in [-0.3, -0.25) is 4.79 Å². The Balaban J connectivity index is 2.14. The number of nitrogens with zero attached hydrogens (tertiary/aromatic N) is 1. The Kier molecular flexibility index (Phi) is 6.20. The van der Waals surface area contributed by atoms with Crippen LogP contribution in [0.15, 0.2) is 60.7 Å². The largest absolute Gasteiger partial charge is 0.465 e. The molecule has 0 saturated carbocycles. The van der Waals surface area contributed by atoms with Gasteiger partial charge in [-0.05, 0) is 35.9 Å². The monoisotopic (exact) mass is 431 g/mol. The fraction of sp³-hybridized carbons (Fsp3) is 0.0909. The molecule has 7 heteroatoms. The molecule has 0 fully saturated rings. The first kappa shape index (κ1) is 20.8. The van der Waals surface area contributed by atoms with E-state index >= 15 is 0 Å². The first-order valence-electron chi connectivity index (χ1n) is 8.53. The molecule has 29 heavy (non-hydrogen) atoms. The summed E-state index contributed by atoms with van der Waals surface area (Å²) in [6, 6.07) is 15.8. The Labute approximate surface area is 177 Å². The van der Waals surface area contributed by atoms with Gasteiger partial charge in [0.2, 0.25) is 0 Å². The minimum Gasteiger partial charge on any atom is -0.465 e. The first-order chi connectivity index (χ1) is 13.8. The fourth-order valence-corrected chi connectivity index (χ4v) is 3.46. The van der Waals surface area contributed by atoms with Crippen LogP contribution < -0.4 is 4.90 Å². The van der Waals surface area contributed by atoms with Crippen LogP contribution in [0.3, 0.4) is 0 Å². The zero-order valence-corrected chi connectivity index (χ0v) is 17.1. The predicted molar refractivity (Wildman–Crippen MR) is 112 cm³/mol. The Morgan fingerprint density at radius 1 is 0.966 bits per heavy atom. The van der Waals surface area contributed by atoms with E-state index in [0.29, 0.717) is 15.6 Å². The molecule has 0 aliphatic carbocycles. The van der Waals surface area contributed by atoms with Gasteiger partial charge in [0.25, 0.3) is 5.91 Å². The number of esters is 1. The summed E-state index contributed by atoms with van der Waals surface area (Å²) in [5.41, 5.74) is 1.20. The molecule has 0 atom stereocenters. The summed E-state index contributed by atoms with van der Waals surface area (Å²) < 4.78 is 19.5. The maximum atomic E-state index is 14.8. The molecule has 0 spiro atoms. The molecule has 148 valence electrons. The summed E-state index contributed by atoms with van der Waals surface area (Å²) in [6.45, 7) is 0. The summed E-state index contributed by atoms with van der Waals surface area (Å²) >= 11 is 12.0. The van der Waals surface area contributed by atoms with E-state index in [2.05, 4.69) is 0 Å². The van der Waals surface area contributed by atoms with Crippen molar-refractivity contribution in [1.29, 1.82) is 0 Å². The predicted octanol–water partition coefficient (Wildman–Crippen LogP) is 5.86. The van der Waals surface area contributed by atoms with Gasteiger partial charge in [-0.2, -0.15) is 0 Å². The van der Waals surface area contributed by atoms with E-state index in [0.717, 1.165) is 6.07 Å². The van der Waals surface area contributed by atoms with Crippen molar-refractivity contribution in [2.75, 3.05) is 19.1 Å². The third kappa shape index (κ3) is 4.42. The van der Waals surface area contributed by atoms with Crippen molar-refractivity contribution in [3.63, 3.8) is 0 Å². The molecule has 3 rings (SSSR count). The van der Waals surface area contributed by atoms with Crippen molar-refractivity contribution in [3.8, 4) is 11.1 Å². The number of halogens is 3. The molecular formula is C22H16Cl2FNO3. The van der Waals surface area contributed by atoms with Gasteiger partial charge in [0, 0.05) is 28.2 Å². The summed E-state index contributed by atoms with van der Waals surface area (Å²) in [5.74, 6) is -1.83. The smallest absolute Gasteiger partial charge is 0.340 e. The van der Waals surface area contributed by atoms with Gasteiger partial charge < -0.3 is 9.64 Å². The number of carbonyl (C=O) groups excluding carboxylic acids is 2. The molecular weight excluding hydrogens is 416 g/mol. The molecule has 0 radical (unpaired) electrons. The van der Waals surface area contributed by atoms with Crippen molar-refractivity contribution < 1.29 is 18.7 Å². The van der Waals surface area contributed by atoms with Gasteiger partial charge in [-0.25, -0.2) is 9.18 Å². The van der Waals surface area contributed by atoms with Crippen LogP contribution in [0.5, 0.6) is 0 Å². The van der Waals surface area contributed by atoms with Gasteiger partial charge >= 0.3 is 5.97 Å².